The van der Waals surface area contributed by atoms with Gasteiger partial charge in [-0.1, -0.05) is 0 Å². The van der Waals surface area contributed by atoms with Gasteiger partial charge in [0.05, 0.1) is 12.8 Å². The van der Waals surface area contributed by atoms with Crippen LogP contribution in [0.1, 0.15) is 12.8 Å². The molecule has 1 aromatic rings. The van der Waals surface area contributed by atoms with E-state index in [-0.39, 0.29) is 6.10 Å². The Kier molecular flexibility index (Phi) is 3.39. The Morgan fingerprint density at radius 3 is 2.88 bits per heavy atom. The number of nitrogens with one attached hydrogen (secondary N) is 1. The van der Waals surface area contributed by atoms with E-state index in [0.717, 1.165) is 25.0 Å². The summed E-state index contributed by atoms with van der Waals surface area (Å²) in [7, 11) is 0. The topological polar surface area (TPSA) is 21.3 Å². The number of halogens is 2. The van der Waals surface area contributed by atoms with Crippen LogP contribution in [0.15, 0.2) is 30.5 Å². The van der Waals surface area contributed by atoms with Crippen molar-refractivity contribution < 1.29 is 13.5 Å². The molecule has 1 atom stereocenters. The molecule has 0 saturated carbocycles. The molecule has 1 aliphatic heterocycles. The lowest BCUT2D eigenvalue weighted by Gasteiger charge is -2.20. The number of rotatable bonds is 3. The molecular weight excluding hydrogens is 212 g/mol. The van der Waals surface area contributed by atoms with Crippen LogP contribution in [0.5, 0.6) is 0 Å². The van der Waals surface area contributed by atoms with E-state index in [1.54, 1.807) is 6.26 Å². The molecule has 16 heavy (non-hydrogen) atoms. The van der Waals surface area contributed by atoms with Crippen LogP contribution in [-0.2, 0) is 4.74 Å². The van der Waals surface area contributed by atoms with Crippen LogP contribution >= 0.6 is 0 Å². The molecule has 1 heterocycles. The Bertz CT molecular complexity index is 393. The molecule has 0 radical (unpaired) electrons. The van der Waals surface area contributed by atoms with E-state index in [1.165, 1.54) is 6.07 Å². The van der Waals surface area contributed by atoms with Gasteiger partial charge in [-0.3, -0.25) is 0 Å². The smallest absolute Gasteiger partial charge is 0.160 e. The molecule has 2 rings (SSSR count). The van der Waals surface area contributed by atoms with Crippen LogP contribution in [0.2, 0.25) is 0 Å². The molecule has 1 aliphatic rings. The zero-order valence-corrected chi connectivity index (χ0v) is 8.75. The molecule has 0 aromatic heterocycles. The Morgan fingerprint density at radius 1 is 1.31 bits per heavy atom. The second-order valence-corrected chi connectivity index (χ2v) is 3.72. The fourth-order valence-electron chi connectivity index (χ4n) is 1.57. The predicted octanol–water partition coefficient (Wildman–Crippen LogP) is 3.07. The predicted molar refractivity (Wildman–Crippen MR) is 58.1 cm³/mol. The van der Waals surface area contributed by atoms with E-state index in [1.807, 2.05) is 6.08 Å². The Hall–Kier alpha value is -1.58. The van der Waals surface area contributed by atoms with Crippen molar-refractivity contribution >= 4 is 5.69 Å². The summed E-state index contributed by atoms with van der Waals surface area (Å²) in [5, 5.41) is 3.02. The van der Waals surface area contributed by atoms with Crippen LogP contribution in [0, 0.1) is 11.6 Å². The summed E-state index contributed by atoms with van der Waals surface area (Å²) in [6.07, 6.45) is 5.67. The third-order valence-corrected chi connectivity index (χ3v) is 2.48. The highest BCUT2D eigenvalue weighted by atomic mass is 19.2. The summed E-state index contributed by atoms with van der Waals surface area (Å²) in [5.74, 6) is -1.67. The summed E-state index contributed by atoms with van der Waals surface area (Å²) >= 11 is 0. The van der Waals surface area contributed by atoms with Gasteiger partial charge in [-0.05, 0) is 31.1 Å². The summed E-state index contributed by atoms with van der Waals surface area (Å²) in [6.45, 7) is 0.593. The van der Waals surface area contributed by atoms with Crippen molar-refractivity contribution in [3.63, 3.8) is 0 Å². The van der Waals surface area contributed by atoms with Crippen LogP contribution in [0.4, 0.5) is 14.5 Å². The van der Waals surface area contributed by atoms with Gasteiger partial charge >= 0.3 is 0 Å². The maximum Gasteiger partial charge on any atom is 0.160 e. The lowest BCUT2D eigenvalue weighted by atomic mass is 10.1. The van der Waals surface area contributed by atoms with E-state index in [4.69, 9.17) is 4.74 Å². The first-order valence-corrected chi connectivity index (χ1v) is 5.25. The first-order chi connectivity index (χ1) is 7.75. The van der Waals surface area contributed by atoms with Crippen molar-refractivity contribution in [3.8, 4) is 0 Å². The minimum atomic E-state index is -0.838. The van der Waals surface area contributed by atoms with Crippen molar-refractivity contribution in [1.29, 1.82) is 0 Å². The van der Waals surface area contributed by atoms with Gasteiger partial charge in [0.1, 0.15) is 6.10 Å². The fraction of sp³-hybridized carbons (Fsp3) is 0.333. The minimum absolute atomic E-state index is 0.0955. The van der Waals surface area contributed by atoms with Gasteiger partial charge in [-0.25, -0.2) is 8.78 Å². The molecule has 4 heteroatoms. The summed E-state index contributed by atoms with van der Waals surface area (Å²) in [5.41, 5.74) is 0.567. The van der Waals surface area contributed by atoms with Gasteiger partial charge < -0.3 is 10.1 Å². The second kappa shape index (κ2) is 4.96. The molecule has 1 unspecified atom stereocenters. The van der Waals surface area contributed by atoms with Crippen LogP contribution in [0.25, 0.3) is 0 Å². The van der Waals surface area contributed by atoms with Crippen LogP contribution < -0.4 is 5.32 Å². The Morgan fingerprint density at radius 2 is 2.19 bits per heavy atom. The molecule has 2 nitrogen and oxygen atoms in total. The highest BCUT2D eigenvalue weighted by molar-refractivity contribution is 5.43. The third kappa shape index (κ3) is 2.72. The average molecular weight is 225 g/mol. The maximum absolute atomic E-state index is 12.9. The molecule has 1 aromatic carbocycles. The molecule has 0 fully saturated rings. The molecule has 0 saturated heterocycles. The van der Waals surface area contributed by atoms with Gasteiger partial charge in [0.2, 0.25) is 0 Å². The monoisotopic (exact) mass is 225 g/mol. The van der Waals surface area contributed by atoms with Crippen molar-refractivity contribution in [3.05, 3.63) is 42.2 Å². The zero-order valence-electron chi connectivity index (χ0n) is 8.75. The molecule has 86 valence electrons. The second-order valence-electron chi connectivity index (χ2n) is 3.72. The van der Waals surface area contributed by atoms with E-state index < -0.39 is 11.6 Å². The lowest BCUT2D eigenvalue weighted by molar-refractivity contribution is 0.135. The van der Waals surface area contributed by atoms with Gasteiger partial charge in [-0.2, -0.15) is 0 Å². The van der Waals surface area contributed by atoms with Crippen LogP contribution in [0.3, 0.4) is 0 Å². The van der Waals surface area contributed by atoms with Crippen LogP contribution in [-0.4, -0.2) is 12.6 Å². The molecule has 0 spiro atoms. The van der Waals surface area contributed by atoms with E-state index in [2.05, 4.69) is 5.32 Å². The van der Waals surface area contributed by atoms with Gasteiger partial charge in [0.25, 0.3) is 0 Å². The number of allylic oxidation sites excluding steroid dienone is 1. The molecular formula is C12H13F2NO. The largest absolute Gasteiger partial charge is 0.497 e. The van der Waals surface area contributed by atoms with Gasteiger partial charge in [0, 0.05) is 11.8 Å². The van der Waals surface area contributed by atoms with Crippen molar-refractivity contribution in [1.82, 2.24) is 0 Å². The molecule has 0 amide bonds. The first kappa shape index (κ1) is 10.9. The minimum Gasteiger partial charge on any atom is -0.497 e. The quantitative estimate of drug-likeness (QED) is 0.853. The highest BCUT2D eigenvalue weighted by Gasteiger charge is 2.10. The van der Waals surface area contributed by atoms with E-state index in [9.17, 15) is 8.78 Å². The standard InChI is InChI=1S/C12H13F2NO/c13-11-5-4-9(7-12(11)14)15-8-10-3-1-2-6-16-10/h2,4-7,10,15H,1,3,8H2. The number of hydrogen-bond donors (Lipinski definition) is 1. The number of hydrogen-bond acceptors (Lipinski definition) is 2. The number of anilines is 1. The van der Waals surface area contributed by atoms with Gasteiger partial charge in [-0.15, -0.1) is 0 Å². The molecule has 1 N–H and O–H groups in total. The highest BCUT2D eigenvalue weighted by Crippen LogP contribution is 2.15. The van der Waals surface area contributed by atoms with E-state index >= 15 is 0 Å². The summed E-state index contributed by atoms with van der Waals surface area (Å²) < 4.78 is 30.9. The van der Waals surface area contributed by atoms with Crippen molar-refractivity contribution in [2.75, 3.05) is 11.9 Å². The number of benzene rings is 1. The fourth-order valence-corrected chi connectivity index (χ4v) is 1.57. The lowest BCUT2D eigenvalue weighted by Crippen LogP contribution is -2.23. The zero-order chi connectivity index (χ0) is 11.4. The average Bonchev–Trinajstić information content (AvgIpc) is 2.32. The SMILES string of the molecule is Fc1ccc(NCC2CCC=CO2)cc1F. The third-order valence-electron chi connectivity index (χ3n) is 2.48. The Balaban J connectivity index is 1.89. The summed E-state index contributed by atoms with van der Waals surface area (Å²) in [4.78, 5) is 0. The molecule has 0 bridgehead atoms. The first-order valence-electron chi connectivity index (χ1n) is 5.25. The molecule has 0 aliphatic carbocycles. The maximum atomic E-state index is 12.9. The van der Waals surface area contributed by atoms with Crippen molar-refractivity contribution in [2.24, 2.45) is 0 Å². The Labute approximate surface area is 92.9 Å². The number of ether oxygens (including phenoxy) is 1. The van der Waals surface area contributed by atoms with E-state index in [0.29, 0.717) is 12.2 Å². The summed E-state index contributed by atoms with van der Waals surface area (Å²) in [6, 6.07) is 3.77. The van der Waals surface area contributed by atoms with Gasteiger partial charge in [0.15, 0.2) is 11.6 Å². The normalized spacial score (nSPS) is 19.2. The van der Waals surface area contributed by atoms with Crippen molar-refractivity contribution in [2.45, 2.75) is 18.9 Å².